The van der Waals surface area contributed by atoms with E-state index in [4.69, 9.17) is 17.2 Å². The highest BCUT2D eigenvalue weighted by Crippen LogP contribution is 2.42. The molecule has 6 N–H and O–H groups in total. The molecule has 3 heteroatoms. The molecule has 0 heterocycles. The average molecular weight is 239 g/mol. The summed E-state index contributed by atoms with van der Waals surface area (Å²) in [6.45, 7) is 2.16. The van der Waals surface area contributed by atoms with Crippen LogP contribution < -0.4 is 17.2 Å². The molecule has 0 aliphatic heterocycles. The summed E-state index contributed by atoms with van der Waals surface area (Å²) < 4.78 is 0. The predicted molar refractivity (Wildman–Crippen MR) is 72.5 cm³/mol. The number of rotatable bonds is 2. The minimum Gasteiger partial charge on any atom is -0.326 e. The van der Waals surface area contributed by atoms with E-state index in [9.17, 15) is 0 Å². The minimum atomic E-state index is -0.354. The second-order valence-electron chi connectivity index (χ2n) is 6.51. The number of hydrogen-bond donors (Lipinski definition) is 3. The zero-order chi connectivity index (χ0) is 12.5. The van der Waals surface area contributed by atoms with E-state index in [0.717, 1.165) is 12.8 Å². The van der Waals surface area contributed by atoms with Gasteiger partial charge in [0, 0.05) is 17.1 Å². The van der Waals surface area contributed by atoms with Crippen LogP contribution in [0.1, 0.15) is 64.7 Å². The third-order valence-corrected chi connectivity index (χ3v) is 5.47. The number of nitrogens with two attached hydrogens (primary N) is 3. The van der Waals surface area contributed by atoms with E-state index in [-0.39, 0.29) is 17.1 Å². The van der Waals surface area contributed by atoms with Gasteiger partial charge in [-0.05, 0) is 38.5 Å². The molecule has 0 amide bonds. The molecule has 3 nitrogen and oxygen atoms in total. The van der Waals surface area contributed by atoms with Crippen LogP contribution >= 0.6 is 0 Å². The SMILES string of the molecule is CC(N)(C1CCCCC1)C1(N)CCCCC1N. The fourth-order valence-electron chi connectivity index (χ4n) is 3.98. The standard InChI is InChI=1S/C14H29N3/c1-13(16,11-7-3-2-4-8-11)14(17)10-6-5-9-12(14)15/h11-12H,2-10,15-17H2,1H3. The van der Waals surface area contributed by atoms with Crippen molar-refractivity contribution in [3.63, 3.8) is 0 Å². The van der Waals surface area contributed by atoms with Crippen molar-refractivity contribution in [2.75, 3.05) is 0 Å². The van der Waals surface area contributed by atoms with Crippen molar-refractivity contribution >= 4 is 0 Å². The average Bonchev–Trinajstić information content (AvgIpc) is 2.34. The molecule has 2 fully saturated rings. The highest BCUT2D eigenvalue weighted by atomic mass is 15.0. The molecule has 2 aliphatic rings. The molecule has 2 rings (SSSR count). The van der Waals surface area contributed by atoms with Gasteiger partial charge in [0.1, 0.15) is 0 Å². The molecule has 0 radical (unpaired) electrons. The maximum Gasteiger partial charge on any atom is 0.0490 e. The molecule has 0 aromatic carbocycles. The second kappa shape index (κ2) is 4.87. The van der Waals surface area contributed by atoms with E-state index >= 15 is 0 Å². The maximum atomic E-state index is 6.69. The third kappa shape index (κ3) is 2.25. The Morgan fingerprint density at radius 2 is 1.59 bits per heavy atom. The molecule has 3 unspecified atom stereocenters. The first kappa shape index (κ1) is 13.3. The van der Waals surface area contributed by atoms with Gasteiger partial charge in [0.25, 0.3) is 0 Å². The summed E-state index contributed by atoms with van der Waals surface area (Å²) in [5, 5.41) is 0. The van der Waals surface area contributed by atoms with Crippen LogP contribution in [0.15, 0.2) is 0 Å². The summed E-state index contributed by atoms with van der Waals surface area (Å²) in [6, 6.07) is 0.0770. The molecule has 0 aromatic rings. The summed E-state index contributed by atoms with van der Waals surface area (Å²) >= 11 is 0. The van der Waals surface area contributed by atoms with Crippen molar-refractivity contribution in [2.45, 2.75) is 81.8 Å². The van der Waals surface area contributed by atoms with Crippen molar-refractivity contribution in [1.82, 2.24) is 0 Å². The van der Waals surface area contributed by atoms with Crippen molar-refractivity contribution in [3.8, 4) is 0 Å². The Bertz CT molecular complexity index is 258. The van der Waals surface area contributed by atoms with Gasteiger partial charge in [-0.2, -0.15) is 0 Å². The maximum absolute atomic E-state index is 6.69. The van der Waals surface area contributed by atoms with Crippen LogP contribution in [-0.4, -0.2) is 17.1 Å². The van der Waals surface area contributed by atoms with Crippen molar-refractivity contribution < 1.29 is 0 Å². The predicted octanol–water partition coefficient (Wildman–Crippen LogP) is 1.88. The summed E-state index contributed by atoms with van der Waals surface area (Å²) in [5.41, 5.74) is 19.0. The molecule has 0 spiro atoms. The highest BCUT2D eigenvalue weighted by Gasteiger charge is 2.51. The van der Waals surface area contributed by atoms with Gasteiger partial charge in [-0.15, -0.1) is 0 Å². The van der Waals surface area contributed by atoms with Gasteiger partial charge in [-0.1, -0.05) is 32.1 Å². The van der Waals surface area contributed by atoms with Crippen LogP contribution in [0.4, 0.5) is 0 Å². The lowest BCUT2D eigenvalue weighted by Crippen LogP contribution is -2.75. The summed E-state index contributed by atoms with van der Waals surface area (Å²) in [4.78, 5) is 0. The van der Waals surface area contributed by atoms with Gasteiger partial charge in [0.15, 0.2) is 0 Å². The number of hydrogen-bond acceptors (Lipinski definition) is 3. The second-order valence-corrected chi connectivity index (χ2v) is 6.51. The minimum absolute atomic E-state index is 0.0770. The van der Waals surface area contributed by atoms with Crippen LogP contribution in [0.25, 0.3) is 0 Å². The Morgan fingerprint density at radius 3 is 2.18 bits per heavy atom. The fourth-order valence-corrected chi connectivity index (χ4v) is 3.98. The van der Waals surface area contributed by atoms with Crippen LogP contribution in [-0.2, 0) is 0 Å². The van der Waals surface area contributed by atoms with E-state index in [1.54, 1.807) is 0 Å². The zero-order valence-electron chi connectivity index (χ0n) is 11.3. The van der Waals surface area contributed by atoms with Crippen molar-refractivity contribution in [3.05, 3.63) is 0 Å². The Morgan fingerprint density at radius 1 is 1.00 bits per heavy atom. The van der Waals surface area contributed by atoms with Gasteiger partial charge in [0.2, 0.25) is 0 Å². The third-order valence-electron chi connectivity index (χ3n) is 5.47. The Hall–Kier alpha value is -0.120. The molecule has 3 atom stereocenters. The van der Waals surface area contributed by atoms with Gasteiger partial charge in [0.05, 0.1) is 0 Å². The summed E-state index contributed by atoms with van der Waals surface area (Å²) in [5.74, 6) is 0.561. The molecule has 100 valence electrons. The molecular formula is C14H29N3. The van der Waals surface area contributed by atoms with Gasteiger partial charge < -0.3 is 17.2 Å². The monoisotopic (exact) mass is 239 g/mol. The molecule has 17 heavy (non-hydrogen) atoms. The van der Waals surface area contributed by atoms with E-state index in [0.29, 0.717) is 5.92 Å². The fraction of sp³-hybridized carbons (Fsp3) is 1.00. The topological polar surface area (TPSA) is 78.1 Å². The molecule has 0 saturated heterocycles. The Balaban J connectivity index is 2.16. The van der Waals surface area contributed by atoms with E-state index in [1.807, 2.05) is 0 Å². The Labute approximate surface area is 105 Å². The van der Waals surface area contributed by atoms with Gasteiger partial charge in [-0.25, -0.2) is 0 Å². The first-order valence-corrected chi connectivity index (χ1v) is 7.32. The first-order chi connectivity index (χ1) is 7.98. The van der Waals surface area contributed by atoms with Crippen LogP contribution in [0.5, 0.6) is 0 Å². The van der Waals surface area contributed by atoms with Crippen molar-refractivity contribution in [1.29, 1.82) is 0 Å². The smallest absolute Gasteiger partial charge is 0.0490 e. The zero-order valence-corrected chi connectivity index (χ0v) is 11.3. The quantitative estimate of drug-likeness (QED) is 0.688. The van der Waals surface area contributed by atoms with Crippen molar-refractivity contribution in [2.24, 2.45) is 23.1 Å². The molecule has 2 aliphatic carbocycles. The van der Waals surface area contributed by atoms with E-state index in [2.05, 4.69) is 6.92 Å². The normalized spacial score (nSPS) is 39.9. The lowest BCUT2D eigenvalue weighted by atomic mass is 9.59. The van der Waals surface area contributed by atoms with E-state index in [1.165, 1.54) is 44.9 Å². The van der Waals surface area contributed by atoms with Gasteiger partial charge >= 0.3 is 0 Å². The lowest BCUT2D eigenvalue weighted by Gasteiger charge is -2.54. The lowest BCUT2D eigenvalue weighted by molar-refractivity contribution is 0.0759. The Kier molecular flexibility index (Phi) is 3.81. The summed E-state index contributed by atoms with van der Waals surface area (Å²) in [6.07, 6.45) is 10.9. The molecular weight excluding hydrogens is 210 g/mol. The molecule has 0 aromatic heterocycles. The van der Waals surface area contributed by atoms with Crippen LogP contribution in [0, 0.1) is 5.92 Å². The highest BCUT2D eigenvalue weighted by molar-refractivity contribution is 5.14. The van der Waals surface area contributed by atoms with E-state index < -0.39 is 0 Å². The summed E-state index contributed by atoms with van der Waals surface area (Å²) in [7, 11) is 0. The van der Waals surface area contributed by atoms with Crippen LogP contribution in [0.3, 0.4) is 0 Å². The van der Waals surface area contributed by atoms with Gasteiger partial charge in [-0.3, -0.25) is 0 Å². The first-order valence-electron chi connectivity index (χ1n) is 7.32. The molecule has 2 saturated carbocycles. The van der Waals surface area contributed by atoms with Crippen LogP contribution in [0.2, 0.25) is 0 Å². The molecule has 0 bridgehead atoms. The largest absolute Gasteiger partial charge is 0.326 e.